The van der Waals surface area contributed by atoms with Crippen LogP contribution < -0.4 is 20.1 Å². The van der Waals surface area contributed by atoms with Crippen LogP contribution in [0.2, 0.25) is 10.0 Å². The highest BCUT2D eigenvalue weighted by molar-refractivity contribution is 6.33. The second-order valence-corrected chi connectivity index (χ2v) is 12.3. The predicted molar refractivity (Wildman–Crippen MR) is 200 cm³/mol. The maximum absolute atomic E-state index is 13.1. The fraction of sp³-hybridized carbons (Fsp3) is 0.167. The number of rotatable bonds is 15. The van der Waals surface area contributed by atoms with E-state index in [-0.39, 0.29) is 68.6 Å². The molecule has 4 heterocycles. The van der Waals surface area contributed by atoms with Crippen LogP contribution in [0.25, 0.3) is 11.6 Å². The summed E-state index contributed by atoms with van der Waals surface area (Å²) in [6.07, 6.45) is 10.6. The van der Waals surface area contributed by atoms with Crippen molar-refractivity contribution in [1.82, 2.24) is 39.5 Å². The number of methoxy groups -OCH3 is 2. The van der Waals surface area contributed by atoms with Crippen molar-refractivity contribution in [3.63, 3.8) is 0 Å². The number of nitrogens with one attached hydrogen (secondary N) is 2. The summed E-state index contributed by atoms with van der Waals surface area (Å²) in [5.41, 5.74) is 0.131. The van der Waals surface area contributed by atoms with Crippen LogP contribution in [-0.4, -0.2) is 90.7 Å². The Morgan fingerprint density at radius 1 is 0.625 bits per heavy atom. The zero-order valence-corrected chi connectivity index (χ0v) is 31.0. The van der Waals surface area contributed by atoms with Crippen LogP contribution in [0.15, 0.2) is 86.0 Å². The minimum Gasteiger partial charge on any atom is -0.492 e. The molecule has 0 unspecified atom stereocenters. The summed E-state index contributed by atoms with van der Waals surface area (Å²) in [7, 11) is 2.40. The van der Waals surface area contributed by atoms with E-state index in [9.17, 15) is 19.2 Å². The highest BCUT2D eigenvalue weighted by Gasteiger charge is 2.22. The van der Waals surface area contributed by atoms with Crippen molar-refractivity contribution in [1.29, 1.82) is 0 Å². The van der Waals surface area contributed by atoms with Gasteiger partial charge in [-0.15, -0.1) is 20.4 Å². The smallest absolute Gasteiger partial charge is 0.340 e. The molecule has 0 aliphatic carbocycles. The number of anilines is 2. The number of esters is 2. The lowest BCUT2D eigenvalue weighted by Crippen LogP contribution is -2.18. The van der Waals surface area contributed by atoms with Gasteiger partial charge in [-0.05, 0) is 49.2 Å². The number of imidazole rings is 2. The van der Waals surface area contributed by atoms with Crippen LogP contribution in [0.1, 0.15) is 54.5 Å². The van der Waals surface area contributed by atoms with Crippen LogP contribution in [0.3, 0.4) is 0 Å². The summed E-state index contributed by atoms with van der Waals surface area (Å²) < 4.78 is 24.8. The Bertz CT molecular complexity index is 2180. The molecular formula is C36H30Cl2N10O8. The largest absolute Gasteiger partial charge is 0.492 e. The average molecular weight is 802 g/mol. The number of carbonyl (C=O) groups is 4. The summed E-state index contributed by atoms with van der Waals surface area (Å²) in [6, 6.07) is 11.6. The first-order chi connectivity index (χ1) is 27.1. The molecule has 0 spiro atoms. The van der Waals surface area contributed by atoms with Crippen molar-refractivity contribution < 1.29 is 38.1 Å². The maximum Gasteiger partial charge on any atom is 0.340 e. The fourth-order valence-electron chi connectivity index (χ4n) is 4.99. The van der Waals surface area contributed by atoms with Gasteiger partial charge in [0.15, 0.2) is 23.0 Å². The molecule has 0 atom stereocenters. The van der Waals surface area contributed by atoms with Crippen molar-refractivity contribution in [3.8, 4) is 23.1 Å². The Balaban J connectivity index is 1.06. The van der Waals surface area contributed by atoms with Gasteiger partial charge in [0.2, 0.25) is 0 Å². The van der Waals surface area contributed by atoms with Crippen molar-refractivity contribution in [2.45, 2.75) is 12.8 Å². The number of amides is 2. The number of benzene rings is 2. The minimum absolute atomic E-state index is 0.00306. The second-order valence-electron chi connectivity index (χ2n) is 11.4. The number of halogens is 2. The molecule has 0 aliphatic rings. The Morgan fingerprint density at radius 3 is 1.39 bits per heavy atom. The molecule has 0 bridgehead atoms. The molecule has 0 radical (unpaired) electrons. The van der Waals surface area contributed by atoms with Crippen LogP contribution in [-0.2, 0) is 9.47 Å². The van der Waals surface area contributed by atoms with E-state index in [1.54, 1.807) is 46.1 Å². The number of ether oxygens (including phenoxy) is 4. The number of hydrogen-bond acceptors (Lipinski definition) is 14. The topological polar surface area (TPSA) is 216 Å². The van der Waals surface area contributed by atoms with Gasteiger partial charge in [0, 0.05) is 36.9 Å². The summed E-state index contributed by atoms with van der Waals surface area (Å²) in [5, 5.41) is 21.6. The van der Waals surface area contributed by atoms with Gasteiger partial charge in [0.25, 0.3) is 11.8 Å². The summed E-state index contributed by atoms with van der Waals surface area (Å²) in [4.78, 5) is 59.1. The molecule has 0 saturated carbocycles. The molecule has 4 aromatic heterocycles. The molecule has 56 heavy (non-hydrogen) atoms. The zero-order chi connectivity index (χ0) is 39.6. The predicted octanol–water partition coefficient (Wildman–Crippen LogP) is 5.26. The van der Waals surface area contributed by atoms with Crippen molar-refractivity contribution >= 4 is 58.3 Å². The van der Waals surface area contributed by atoms with Gasteiger partial charge in [0.1, 0.15) is 24.2 Å². The lowest BCUT2D eigenvalue weighted by molar-refractivity contribution is 0.0592. The Morgan fingerprint density at radius 2 is 1.05 bits per heavy atom. The van der Waals surface area contributed by atoms with E-state index >= 15 is 0 Å². The summed E-state index contributed by atoms with van der Waals surface area (Å²) in [5.74, 6) is -1.45. The third kappa shape index (κ3) is 9.23. The lowest BCUT2D eigenvalue weighted by atomic mass is 10.1. The normalized spacial score (nSPS) is 10.7. The number of nitrogens with zero attached hydrogens (tertiary/aromatic N) is 8. The first-order valence-corrected chi connectivity index (χ1v) is 17.3. The molecule has 2 amide bonds. The summed E-state index contributed by atoms with van der Waals surface area (Å²) >= 11 is 12.9. The molecule has 2 aromatic carbocycles. The van der Waals surface area contributed by atoms with Gasteiger partial charge >= 0.3 is 11.9 Å². The third-order valence-corrected chi connectivity index (χ3v) is 8.40. The lowest BCUT2D eigenvalue weighted by Gasteiger charge is -2.15. The number of unbranched alkanes of at least 4 members (excludes halogenated alkanes) is 1. The third-order valence-electron chi connectivity index (χ3n) is 7.81. The zero-order valence-electron chi connectivity index (χ0n) is 29.5. The first kappa shape index (κ1) is 38.8. The molecule has 6 rings (SSSR count). The van der Waals surface area contributed by atoms with Gasteiger partial charge in [-0.3, -0.25) is 18.7 Å². The Kier molecular flexibility index (Phi) is 12.4. The number of aromatic nitrogens is 8. The molecule has 0 saturated heterocycles. The van der Waals surface area contributed by atoms with E-state index < -0.39 is 23.8 Å². The monoisotopic (exact) mass is 800 g/mol. The van der Waals surface area contributed by atoms with Gasteiger partial charge in [0.05, 0.1) is 60.0 Å². The van der Waals surface area contributed by atoms with Gasteiger partial charge < -0.3 is 29.6 Å². The van der Waals surface area contributed by atoms with Crippen molar-refractivity contribution in [2.24, 2.45) is 0 Å². The molecule has 6 aromatic rings. The first-order valence-electron chi connectivity index (χ1n) is 16.5. The Labute approximate surface area is 327 Å². The Hall–Kier alpha value is -6.92. The van der Waals surface area contributed by atoms with Gasteiger partial charge in [-0.1, -0.05) is 23.2 Å². The molecule has 20 heteroatoms. The number of carbonyl (C=O) groups excluding carboxylic acids is 4. The highest BCUT2D eigenvalue weighted by atomic mass is 35.5. The molecule has 2 N–H and O–H groups in total. The highest BCUT2D eigenvalue weighted by Crippen LogP contribution is 2.34. The maximum atomic E-state index is 13.1. The van der Waals surface area contributed by atoms with E-state index in [0.717, 1.165) is 0 Å². The fourth-order valence-corrected chi connectivity index (χ4v) is 5.43. The van der Waals surface area contributed by atoms with Crippen molar-refractivity contribution in [2.75, 3.05) is 38.1 Å². The van der Waals surface area contributed by atoms with Crippen LogP contribution in [0.4, 0.5) is 11.4 Å². The number of hydrogen-bond donors (Lipinski definition) is 2. The quantitative estimate of drug-likeness (QED) is 0.100. The second kappa shape index (κ2) is 17.9. The van der Waals surface area contributed by atoms with Gasteiger partial charge in [-0.25, -0.2) is 19.6 Å². The van der Waals surface area contributed by atoms with Crippen molar-refractivity contribution in [3.05, 3.63) is 119 Å². The van der Waals surface area contributed by atoms with E-state index in [2.05, 4.69) is 41.0 Å². The minimum atomic E-state index is -0.734. The summed E-state index contributed by atoms with van der Waals surface area (Å²) in [6.45, 7) is 0.346. The van der Waals surface area contributed by atoms with Crippen LogP contribution in [0.5, 0.6) is 11.5 Å². The molecule has 0 aliphatic heterocycles. The van der Waals surface area contributed by atoms with Gasteiger partial charge in [-0.2, -0.15) is 0 Å². The van der Waals surface area contributed by atoms with Crippen LogP contribution >= 0.6 is 23.2 Å². The molecule has 0 fully saturated rings. The molecule has 286 valence electrons. The van der Waals surface area contributed by atoms with E-state index in [1.165, 1.54) is 63.3 Å². The van der Waals surface area contributed by atoms with Crippen LogP contribution in [0, 0.1) is 0 Å². The molecular weight excluding hydrogens is 771 g/mol. The van der Waals surface area contributed by atoms with E-state index in [4.69, 9.17) is 42.1 Å². The SMILES string of the molecule is COC(=O)c1cc(Cl)c(OCCCCOc2cc(NC(=O)c3ccc(-n4ccnc4)nn3)c(C(=O)OC)cc2Cl)cc1NC(=O)c1ccc(-n2ccnc2)nn1. The van der Waals surface area contributed by atoms with E-state index in [0.29, 0.717) is 24.5 Å². The average Bonchev–Trinajstić information content (AvgIpc) is 3.97. The molecule has 18 nitrogen and oxygen atoms in total. The standard InChI is InChI=1S/C36H30Cl2N10O8/c1-53-35(51)21-15-23(37)29(17-27(21)41-33(49)25-5-7-31(45-43-25)47-11-9-39-19-47)55-13-3-4-14-56-30-18-28(22(16-24(30)38)36(52)54-2)42-34(50)26-6-8-32(46-44-26)48-12-10-40-20-48/h5-12,15-20H,3-4,13-14H2,1-2H3,(H,41,49)(H,42,50). The van der Waals surface area contributed by atoms with E-state index in [1.807, 2.05) is 0 Å².